The quantitative estimate of drug-likeness (QED) is 0.862. The van der Waals surface area contributed by atoms with Gasteiger partial charge >= 0.3 is 0 Å². The number of aryl methyl sites for hydroxylation is 1. The molecule has 2 aromatic rings. The molecule has 0 aliphatic carbocycles. The van der Waals surface area contributed by atoms with Crippen LogP contribution in [0, 0.1) is 19.7 Å². The van der Waals surface area contributed by atoms with Gasteiger partial charge in [-0.25, -0.2) is 4.39 Å². The minimum atomic E-state index is -0.248. The van der Waals surface area contributed by atoms with E-state index in [1.165, 1.54) is 6.07 Å². The lowest BCUT2D eigenvalue weighted by Crippen LogP contribution is -2.03. The summed E-state index contributed by atoms with van der Waals surface area (Å²) in [5.74, 6) is 0.638. The summed E-state index contributed by atoms with van der Waals surface area (Å²) < 4.78 is 19.3. The number of rotatable bonds is 4. The topological polar surface area (TPSA) is 21.3 Å². The van der Waals surface area contributed by atoms with E-state index in [4.69, 9.17) is 4.74 Å². The molecule has 0 saturated heterocycles. The second-order valence-electron chi connectivity index (χ2n) is 4.69. The third-order valence-electron chi connectivity index (χ3n) is 3.27. The Hall–Kier alpha value is -1.55. The van der Waals surface area contributed by atoms with Gasteiger partial charge in [0.1, 0.15) is 11.6 Å². The van der Waals surface area contributed by atoms with E-state index < -0.39 is 0 Å². The van der Waals surface area contributed by atoms with Crippen molar-refractivity contribution in [3.05, 3.63) is 57.3 Å². The van der Waals surface area contributed by atoms with Crippen molar-refractivity contribution in [1.29, 1.82) is 0 Å². The zero-order valence-electron chi connectivity index (χ0n) is 11.8. The number of hydrogen-bond donors (Lipinski definition) is 1. The van der Waals surface area contributed by atoms with Gasteiger partial charge in [0, 0.05) is 17.8 Å². The zero-order valence-corrected chi connectivity index (χ0v) is 13.3. The molecule has 0 spiro atoms. The normalized spacial score (nSPS) is 10.4. The molecule has 2 aromatic carbocycles. The van der Waals surface area contributed by atoms with Crippen LogP contribution in [0.3, 0.4) is 0 Å². The van der Waals surface area contributed by atoms with Gasteiger partial charge in [-0.1, -0.05) is 12.1 Å². The Labute approximate surface area is 127 Å². The highest BCUT2D eigenvalue weighted by atomic mass is 79.9. The smallest absolute Gasteiger partial charge is 0.137 e. The maximum absolute atomic E-state index is 13.5. The Balaban J connectivity index is 2.16. The maximum atomic E-state index is 13.5. The third kappa shape index (κ3) is 3.12. The molecule has 4 heteroatoms. The van der Waals surface area contributed by atoms with Crippen LogP contribution in [0.5, 0.6) is 5.75 Å². The number of nitrogens with one attached hydrogen (secondary N) is 1. The largest absolute Gasteiger partial charge is 0.496 e. The van der Waals surface area contributed by atoms with Crippen molar-refractivity contribution in [2.24, 2.45) is 0 Å². The molecule has 0 bridgehead atoms. The van der Waals surface area contributed by atoms with Crippen molar-refractivity contribution in [1.82, 2.24) is 0 Å². The van der Waals surface area contributed by atoms with Crippen molar-refractivity contribution in [3.8, 4) is 5.75 Å². The molecule has 20 heavy (non-hydrogen) atoms. The lowest BCUT2D eigenvalue weighted by Gasteiger charge is -2.15. The monoisotopic (exact) mass is 337 g/mol. The SMILES string of the molecule is COc1c(C)ccc(NCc2ccc(Br)c(F)c2)c1C. The summed E-state index contributed by atoms with van der Waals surface area (Å²) in [6.45, 7) is 4.59. The lowest BCUT2D eigenvalue weighted by molar-refractivity contribution is 0.409. The molecule has 0 aliphatic rings. The third-order valence-corrected chi connectivity index (χ3v) is 3.92. The van der Waals surface area contributed by atoms with Crippen LogP contribution in [-0.4, -0.2) is 7.11 Å². The molecule has 0 fully saturated rings. The van der Waals surface area contributed by atoms with Gasteiger partial charge in [-0.2, -0.15) is 0 Å². The van der Waals surface area contributed by atoms with Crippen molar-refractivity contribution < 1.29 is 9.13 Å². The standard InChI is InChI=1S/C16H17BrFNO/c1-10-4-7-15(11(2)16(10)20-3)19-9-12-5-6-13(17)14(18)8-12/h4-8,19H,9H2,1-3H3. The van der Waals surface area contributed by atoms with E-state index in [1.54, 1.807) is 13.2 Å². The molecule has 0 saturated carbocycles. The van der Waals surface area contributed by atoms with Crippen molar-refractivity contribution >= 4 is 21.6 Å². The van der Waals surface area contributed by atoms with Crippen LogP contribution in [0.15, 0.2) is 34.8 Å². The number of benzene rings is 2. The Morgan fingerprint density at radius 2 is 1.95 bits per heavy atom. The molecule has 106 valence electrons. The summed E-state index contributed by atoms with van der Waals surface area (Å²) in [7, 11) is 1.67. The molecule has 0 amide bonds. The highest BCUT2D eigenvalue weighted by Crippen LogP contribution is 2.29. The van der Waals surface area contributed by atoms with Crippen LogP contribution >= 0.6 is 15.9 Å². The van der Waals surface area contributed by atoms with E-state index >= 15 is 0 Å². The average molecular weight is 338 g/mol. The van der Waals surface area contributed by atoms with Crippen LogP contribution in [0.1, 0.15) is 16.7 Å². The first-order valence-corrected chi connectivity index (χ1v) is 7.14. The number of halogens is 2. The van der Waals surface area contributed by atoms with Gasteiger partial charge in [0.15, 0.2) is 0 Å². The van der Waals surface area contributed by atoms with Crippen LogP contribution in [0.4, 0.5) is 10.1 Å². The van der Waals surface area contributed by atoms with Gasteiger partial charge in [-0.05, 0) is 59.1 Å². The highest BCUT2D eigenvalue weighted by Gasteiger charge is 2.08. The molecule has 0 heterocycles. The molecule has 0 aliphatic heterocycles. The molecule has 2 nitrogen and oxygen atoms in total. The fourth-order valence-electron chi connectivity index (χ4n) is 2.18. The summed E-state index contributed by atoms with van der Waals surface area (Å²) in [5, 5.41) is 3.32. The molecule has 1 N–H and O–H groups in total. The second-order valence-corrected chi connectivity index (χ2v) is 5.54. The fourth-order valence-corrected chi connectivity index (χ4v) is 2.43. The Bertz CT molecular complexity index is 628. The fraction of sp³-hybridized carbons (Fsp3) is 0.250. The van der Waals surface area contributed by atoms with E-state index in [-0.39, 0.29) is 5.82 Å². The van der Waals surface area contributed by atoms with Crippen molar-refractivity contribution in [3.63, 3.8) is 0 Å². The second kappa shape index (κ2) is 6.27. The van der Waals surface area contributed by atoms with Crippen molar-refractivity contribution in [2.45, 2.75) is 20.4 Å². The van der Waals surface area contributed by atoms with E-state index in [2.05, 4.69) is 21.2 Å². The van der Waals surface area contributed by atoms with Crippen molar-refractivity contribution in [2.75, 3.05) is 12.4 Å². The van der Waals surface area contributed by atoms with E-state index in [9.17, 15) is 4.39 Å². The Morgan fingerprint density at radius 3 is 2.60 bits per heavy atom. The Kier molecular flexibility index (Phi) is 4.65. The van der Waals surface area contributed by atoms with Gasteiger partial charge in [0.2, 0.25) is 0 Å². The minimum Gasteiger partial charge on any atom is -0.496 e. The number of methoxy groups -OCH3 is 1. The molecule has 0 radical (unpaired) electrons. The summed E-state index contributed by atoms with van der Waals surface area (Å²) in [6.07, 6.45) is 0. The zero-order chi connectivity index (χ0) is 14.7. The van der Waals surface area contributed by atoms with Gasteiger partial charge in [-0.3, -0.25) is 0 Å². The van der Waals surface area contributed by atoms with Crippen LogP contribution in [0.25, 0.3) is 0 Å². The number of anilines is 1. The summed E-state index contributed by atoms with van der Waals surface area (Å²) in [6, 6.07) is 9.16. The predicted molar refractivity (Wildman–Crippen MR) is 83.9 cm³/mol. The summed E-state index contributed by atoms with van der Waals surface area (Å²) >= 11 is 3.15. The van der Waals surface area contributed by atoms with E-state index in [0.29, 0.717) is 11.0 Å². The van der Waals surface area contributed by atoms with E-state index in [0.717, 1.165) is 28.1 Å². The number of hydrogen-bond acceptors (Lipinski definition) is 2. The maximum Gasteiger partial charge on any atom is 0.137 e. The van der Waals surface area contributed by atoms with Gasteiger partial charge in [-0.15, -0.1) is 0 Å². The van der Waals surface area contributed by atoms with Crippen LogP contribution in [-0.2, 0) is 6.54 Å². The molecule has 0 aromatic heterocycles. The first-order valence-electron chi connectivity index (χ1n) is 6.35. The first-order chi connectivity index (χ1) is 9.52. The molecule has 2 rings (SSSR count). The van der Waals surface area contributed by atoms with Crippen LogP contribution in [0.2, 0.25) is 0 Å². The molecule has 0 atom stereocenters. The summed E-state index contributed by atoms with van der Waals surface area (Å²) in [5.41, 5.74) is 4.05. The molecule has 0 unspecified atom stereocenters. The first kappa shape index (κ1) is 14.9. The van der Waals surface area contributed by atoms with Gasteiger partial charge < -0.3 is 10.1 Å². The lowest BCUT2D eigenvalue weighted by atomic mass is 10.1. The minimum absolute atomic E-state index is 0.248. The molecular formula is C16H17BrFNO. The number of ether oxygens (including phenoxy) is 1. The highest BCUT2D eigenvalue weighted by molar-refractivity contribution is 9.10. The Morgan fingerprint density at radius 1 is 1.20 bits per heavy atom. The predicted octanol–water partition coefficient (Wildman–Crippen LogP) is 4.83. The average Bonchev–Trinajstić information content (AvgIpc) is 2.42. The summed E-state index contributed by atoms with van der Waals surface area (Å²) in [4.78, 5) is 0. The van der Waals surface area contributed by atoms with E-state index in [1.807, 2.05) is 32.0 Å². The molecular weight excluding hydrogens is 321 g/mol. The van der Waals surface area contributed by atoms with Crippen LogP contribution < -0.4 is 10.1 Å². The van der Waals surface area contributed by atoms with Gasteiger partial charge in [0.05, 0.1) is 11.6 Å². The van der Waals surface area contributed by atoms with Gasteiger partial charge in [0.25, 0.3) is 0 Å².